The van der Waals surface area contributed by atoms with Gasteiger partial charge in [-0.25, -0.2) is 4.98 Å². The van der Waals surface area contributed by atoms with Crippen molar-refractivity contribution in [3.8, 4) is 10.6 Å². The highest BCUT2D eigenvalue weighted by Crippen LogP contribution is 2.24. The van der Waals surface area contributed by atoms with Gasteiger partial charge in [0.05, 0.1) is 6.20 Å². The summed E-state index contributed by atoms with van der Waals surface area (Å²) in [5.41, 5.74) is 0.923. The molecule has 6 nitrogen and oxygen atoms in total. The van der Waals surface area contributed by atoms with Crippen LogP contribution in [0, 0.1) is 0 Å². The van der Waals surface area contributed by atoms with Crippen molar-refractivity contribution in [2.45, 2.75) is 32.4 Å². The number of rotatable bonds is 4. The molecule has 3 heterocycles. The van der Waals surface area contributed by atoms with Gasteiger partial charge in [0.15, 0.2) is 0 Å². The fourth-order valence-electron chi connectivity index (χ4n) is 2.59. The predicted molar refractivity (Wildman–Crippen MR) is 88.1 cm³/mol. The smallest absolute Gasteiger partial charge is 0.263 e. The van der Waals surface area contributed by atoms with Crippen molar-refractivity contribution in [1.29, 1.82) is 0 Å². The maximum atomic E-state index is 12.3. The average molecular weight is 330 g/mol. The van der Waals surface area contributed by atoms with Gasteiger partial charge in [0.2, 0.25) is 5.91 Å². The third-order valence-corrected chi connectivity index (χ3v) is 4.87. The van der Waals surface area contributed by atoms with E-state index in [1.54, 1.807) is 23.5 Å². The zero-order valence-corrected chi connectivity index (χ0v) is 13.8. The fourth-order valence-corrected chi connectivity index (χ4v) is 3.41. The minimum absolute atomic E-state index is 0.00720. The first kappa shape index (κ1) is 15.6. The Balaban J connectivity index is 1.68. The Bertz CT molecular complexity index is 714. The van der Waals surface area contributed by atoms with E-state index in [4.69, 9.17) is 0 Å². The third-order valence-electron chi connectivity index (χ3n) is 3.83. The zero-order valence-electron chi connectivity index (χ0n) is 13.0. The van der Waals surface area contributed by atoms with Crippen molar-refractivity contribution in [2.75, 3.05) is 6.54 Å². The van der Waals surface area contributed by atoms with Gasteiger partial charge in [-0.2, -0.15) is 0 Å². The summed E-state index contributed by atoms with van der Waals surface area (Å²) < 4.78 is 0. The van der Waals surface area contributed by atoms with Crippen LogP contribution in [0.2, 0.25) is 0 Å². The summed E-state index contributed by atoms with van der Waals surface area (Å²) in [6.45, 7) is 4.64. The lowest BCUT2D eigenvalue weighted by Crippen LogP contribution is -2.43. The molecule has 2 aromatic heterocycles. The van der Waals surface area contributed by atoms with Gasteiger partial charge in [0, 0.05) is 30.5 Å². The van der Waals surface area contributed by atoms with Gasteiger partial charge in [0.1, 0.15) is 15.9 Å². The van der Waals surface area contributed by atoms with Crippen LogP contribution in [0.3, 0.4) is 0 Å². The van der Waals surface area contributed by atoms with E-state index in [-0.39, 0.29) is 17.9 Å². The molecule has 1 fully saturated rings. The molecule has 1 aliphatic rings. The van der Waals surface area contributed by atoms with Crippen LogP contribution >= 0.6 is 11.3 Å². The number of carbonyl (C=O) groups is 2. The van der Waals surface area contributed by atoms with E-state index in [0.29, 0.717) is 17.8 Å². The quantitative estimate of drug-likeness (QED) is 0.930. The van der Waals surface area contributed by atoms with Gasteiger partial charge in [0.25, 0.3) is 5.91 Å². The number of thiazole rings is 1. The molecule has 2 aromatic rings. The highest BCUT2D eigenvalue weighted by Gasteiger charge is 2.34. The van der Waals surface area contributed by atoms with Gasteiger partial charge in [-0.3, -0.25) is 14.6 Å². The minimum atomic E-state index is -0.434. The van der Waals surface area contributed by atoms with E-state index in [1.165, 1.54) is 11.3 Å². The van der Waals surface area contributed by atoms with Crippen LogP contribution in [0.4, 0.5) is 0 Å². The largest absolute Gasteiger partial charge is 0.339 e. The summed E-state index contributed by atoms with van der Waals surface area (Å²) >= 11 is 1.31. The zero-order chi connectivity index (χ0) is 16.4. The first-order valence-electron chi connectivity index (χ1n) is 7.54. The lowest BCUT2D eigenvalue weighted by atomic mass is 10.2. The molecule has 0 spiro atoms. The Kier molecular flexibility index (Phi) is 4.38. The van der Waals surface area contributed by atoms with Gasteiger partial charge in [-0.05, 0) is 32.4 Å². The molecule has 1 saturated heterocycles. The Morgan fingerprint density at radius 1 is 1.39 bits per heavy atom. The van der Waals surface area contributed by atoms with Crippen molar-refractivity contribution in [3.05, 3.63) is 35.6 Å². The van der Waals surface area contributed by atoms with Gasteiger partial charge >= 0.3 is 0 Å². The number of aromatic nitrogens is 2. The molecule has 0 bridgehead atoms. The Hall–Kier alpha value is -2.28. The second-order valence-corrected chi connectivity index (χ2v) is 6.74. The van der Waals surface area contributed by atoms with Crippen molar-refractivity contribution < 1.29 is 9.59 Å². The van der Waals surface area contributed by atoms with Crippen LogP contribution < -0.4 is 5.32 Å². The molecule has 1 N–H and O–H groups in total. The Morgan fingerprint density at radius 3 is 2.78 bits per heavy atom. The van der Waals surface area contributed by atoms with Crippen LogP contribution in [0.25, 0.3) is 10.6 Å². The first-order chi connectivity index (χ1) is 11.1. The van der Waals surface area contributed by atoms with Gasteiger partial charge < -0.3 is 10.2 Å². The van der Waals surface area contributed by atoms with E-state index in [2.05, 4.69) is 15.3 Å². The summed E-state index contributed by atoms with van der Waals surface area (Å²) in [5, 5.41) is 3.59. The standard InChI is InChI=1S/C16H18N4O2S/c1-10(2)20-8-5-12(16(20)22)19-14(21)13-9-18-15(23-13)11-3-6-17-7-4-11/h3-4,6-7,9-10,12H,5,8H2,1-2H3,(H,19,21). The summed E-state index contributed by atoms with van der Waals surface area (Å²) in [7, 11) is 0. The van der Waals surface area contributed by atoms with Crippen molar-refractivity contribution in [3.63, 3.8) is 0 Å². The molecule has 1 unspecified atom stereocenters. The van der Waals surface area contributed by atoms with E-state index in [9.17, 15) is 9.59 Å². The lowest BCUT2D eigenvalue weighted by Gasteiger charge is -2.20. The second kappa shape index (κ2) is 6.45. The number of nitrogens with one attached hydrogen (secondary N) is 1. The Morgan fingerprint density at radius 2 is 2.13 bits per heavy atom. The number of hydrogen-bond acceptors (Lipinski definition) is 5. The third kappa shape index (κ3) is 3.24. The Labute approximate surface area is 138 Å². The van der Waals surface area contributed by atoms with E-state index >= 15 is 0 Å². The number of amides is 2. The molecule has 3 rings (SSSR count). The van der Waals surface area contributed by atoms with Crippen LogP contribution in [-0.2, 0) is 4.79 Å². The summed E-state index contributed by atoms with van der Waals surface area (Å²) in [6.07, 6.45) is 5.58. The molecule has 120 valence electrons. The molecular formula is C16H18N4O2S. The molecule has 0 aliphatic carbocycles. The molecule has 0 aromatic carbocycles. The number of pyridine rings is 1. The van der Waals surface area contributed by atoms with Gasteiger partial charge in [-0.1, -0.05) is 0 Å². The van der Waals surface area contributed by atoms with Crippen LogP contribution in [-0.4, -0.2) is 45.3 Å². The summed E-state index contributed by atoms with van der Waals surface area (Å²) in [4.78, 5) is 35.1. The molecule has 0 radical (unpaired) electrons. The van der Waals surface area contributed by atoms with Crippen molar-refractivity contribution in [1.82, 2.24) is 20.2 Å². The average Bonchev–Trinajstić information content (AvgIpc) is 3.16. The molecule has 23 heavy (non-hydrogen) atoms. The predicted octanol–water partition coefficient (Wildman–Crippen LogP) is 1.94. The monoisotopic (exact) mass is 330 g/mol. The fraction of sp³-hybridized carbons (Fsp3) is 0.375. The molecule has 0 saturated carbocycles. The normalized spacial score (nSPS) is 17.8. The van der Waals surface area contributed by atoms with Crippen LogP contribution in [0.15, 0.2) is 30.7 Å². The maximum Gasteiger partial charge on any atom is 0.263 e. The highest BCUT2D eigenvalue weighted by molar-refractivity contribution is 7.16. The van der Waals surface area contributed by atoms with Gasteiger partial charge in [-0.15, -0.1) is 11.3 Å². The van der Waals surface area contributed by atoms with E-state index < -0.39 is 6.04 Å². The topological polar surface area (TPSA) is 75.2 Å². The number of hydrogen-bond donors (Lipinski definition) is 1. The minimum Gasteiger partial charge on any atom is -0.339 e. The number of likely N-dealkylation sites (tertiary alicyclic amines) is 1. The number of nitrogens with zero attached hydrogens (tertiary/aromatic N) is 3. The maximum absolute atomic E-state index is 12.3. The van der Waals surface area contributed by atoms with Crippen molar-refractivity contribution in [2.24, 2.45) is 0 Å². The van der Waals surface area contributed by atoms with E-state index in [1.807, 2.05) is 26.0 Å². The molecule has 1 atom stereocenters. The molecule has 7 heteroatoms. The number of carbonyl (C=O) groups excluding carboxylic acids is 2. The highest BCUT2D eigenvalue weighted by atomic mass is 32.1. The van der Waals surface area contributed by atoms with Crippen molar-refractivity contribution >= 4 is 23.2 Å². The summed E-state index contributed by atoms with van der Waals surface area (Å²) in [5.74, 6) is -0.251. The SMILES string of the molecule is CC(C)N1CCC(NC(=O)c2cnc(-c3ccncc3)s2)C1=O. The molecule has 2 amide bonds. The lowest BCUT2D eigenvalue weighted by molar-refractivity contribution is -0.130. The van der Waals surface area contributed by atoms with Crippen LogP contribution in [0.5, 0.6) is 0 Å². The second-order valence-electron chi connectivity index (χ2n) is 5.71. The molecular weight excluding hydrogens is 312 g/mol. The summed E-state index contributed by atoms with van der Waals surface area (Å²) in [6, 6.07) is 3.42. The van der Waals surface area contributed by atoms with E-state index in [0.717, 1.165) is 10.6 Å². The first-order valence-corrected chi connectivity index (χ1v) is 8.35. The molecule has 1 aliphatic heterocycles. The van der Waals surface area contributed by atoms with Crippen LogP contribution in [0.1, 0.15) is 29.9 Å².